The maximum absolute atomic E-state index is 9.88. The molecule has 0 unspecified atom stereocenters. The van der Waals surface area contributed by atoms with E-state index in [0.29, 0.717) is 19.8 Å². The highest BCUT2D eigenvalue weighted by Crippen LogP contribution is 2.32. The predicted molar refractivity (Wildman–Crippen MR) is 132 cm³/mol. The zero-order chi connectivity index (χ0) is 22.7. The van der Waals surface area contributed by atoms with E-state index in [-0.39, 0.29) is 12.9 Å². The molecule has 1 aliphatic rings. The summed E-state index contributed by atoms with van der Waals surface area (Å²) in [5, 5.41) is 9.88. The molecule has 0 bridgehead atoms. The van der Waals surface area contributed by atoms with Gasteiger partial charge in [0.2, 0.25) is 0 Å². The Bertz CT molecular complexity index is 540. The van der Waals surface area contributed by atoms with Crippen molar-refractivity contribution in [3.05, 3.63) is 35.9 Å². The summed E-state index contributed by atoms with van der Waals surface area (Å²) in [6, 6.07) is 9.95. The molecule has 1 heterocycles. The van der Waals surface area contributed by atoms with E-state index >= 15 is 0 Å². The Morgan fingerprint density at radius 1 is 0.781 bits per heavy atom. The molecule has 184 valence electrons. The molecule has 1 N–H and O–H groups in total. The highest BCUT2D eigenvalue weighted by Gasteiger charge is 2.37. The number of benzene rings is 1. The summed E-state index contributed by atoms with van der Waals surface area (Å²) in [4.78, 5) is 0. The largest absolute Gasteiger partial charge is 0.396 e. The van der Waals surface area contributed by atoms with E-state index in [1.165, 1.54) is 83.5 Å². The van der Waals surface area contributed by atoms with Crippen LogP contribution in [0.25, 0.3) is 0 Å². The molecule has 32 heavy (non-hydrogen) atoms. The molecule has 1 aromatic carbocycles. The Hall–Kier alpha value is -0.940. The molecule has 0 radical (unpaired) electrons. The maximum Gasteiger partial charge on any atom is 0.183 e. The van der Waals surface area contributed by atoms with Gasteiger partial charge in [0.05, 0.1) is 31.8 Å². The number of aliphatic hydroxyl groups excluding tert-OH is 1. The Labute approximate surface area is 197 Å². The predicted octanol–water partition coefficient (Wildman–Crippen LogP) is 7.21. The molecular formula is C28H48O4. The minimum Gasteiger partial charge on any atom is -0.396 e. The third kappa shape index (κ3) is 11.3. The number of aliphatic hydroxyl groups is 1. The summed E-state index contributed by atoms with van der Waals surface area (Å²) >= 11 is 0. The zero-order valence-electron chi connectivity index (χ0n) is 20.6. The summed E-state index contributed by atoms with van der Waals surface area (Å²) in [5.74, 6) is 0. The topological polar surface area (TPSA) is 47.9 Å². The molecule has 0 atom stereocenters. The van der Waals surface area contributed by atoms with Crippen LogP contribution < -0.4 is 0 Å². The van der Waals surface area contributed by atoms with Crippen molar-refractivity contribution >= 4 is 0 Å². The van der Waals surface area contributed by atoms with E-state index in [4.69, 9.17) is 14.2 Å². The van der Waals surface area contributed by atoms with E-state index in [1.54, 1.807) is 0 Å². The number of ether oxygens (including phenoxy) is 3. The quantitative estimate of drug-likeness (QED) is 0.227. The van der Waals surface area contributed by atoms with Crippen molar-refractivity contribution in [2.45, 2.75) is 103 Å². The second kappa shape index (κ2) is 17.5. The fraction of sp³-hybridized carbons (Fsp3) is 0.786. The van der Waals surface area contributed by atoms with Crippen LogP contribution in [0.1, 0.15) is 109 Å². The summed E-state index contributed by atoms with van der Waals surface area (Å²) in [6.07, 6.45) is 18.7. The molecule has 4 nitrogen and oxygen atoms in total. The third-order valence-corrected chi connectivity index (χ3v) is 6.54. The van der Waals surface area contributed by atoms with Crippen LogP contribution in [0.4, 0.5) is 0 Å². The summed E-state index contributed by atoms with van der Waals surface area (Å²) in [6.45, 7) is 4.46. The number of hydrogen-bond donors (Lipinski definition) is 1. The van der Waals surface area contributed by atoms with Crippen molar-refractivity contribution in [1.82, 2.24) is 0 Å². The van der Waals surface area contributed by atoms with Gasteiger partial charge in [0.15, 0.2) is 6.29 Å². The highest BCUT2D eigenvalue weighted by molar-refractivity contribution is 5.16. The first kappa shape index (κ1) is 27.3. The molecule has 4 heteroatoms. The van der Waals surface area contributed by atoms with Crippen LogP contribution in [0.2, 0.25) is 0 Å². The molecule has 0 spiro atoms. The van der Waals surface area contributed by atoms with Crippen LogP contribution in [-0.4, -0.2) is 38.1 Å². The Morgan fingerprint density at radius 2 is 1.28 bits per heavy atom. The first-order chi connectivity index (χ1) is 15.8. The molecule has 0 saturated carbocycles. The van der Waals surface area contributed by atoms with Crippen molar-refractivity contribution in [2.24, 2.45) is 5.41 Å². The van der Waals surface area contributed by atoms with Crippen LogP contribution in [-0.2, 0) is 14.2 Å². The minimum absolute atomic E-state index is 0.0211. The fourth-order valence-electron chi connectivity index (χ4n) is 4.30. The second-order valence-corrected chi connectivity index (χ2v) is 9.67. The zero-order valence-corrected chi connectivity index (χ0v) is 20.6. The summed E-state index contributed by atoms with van der Waals surface area (Å²) < 4.78 is 17.7. The summed E-state index contributed by atoms with van der Waals surface area (Å²) in [5.41, 5.74) is 0.573. The van der Waals surface area contributed by atoms with Crippen LogP contribution in [0, 0.1) is 5.41 Å². The van der Waals surface area contributed by atoms with Gasteiger partial charge in [-0.2, -0.15) is 0 Å². The Balaban J connectivity index is 1.40. The summed E-state index contributed by atoms with van der Waals surface area (Å²) in [7, 11) is 0. The first-order valence-corrected chi connectivity index (χ1v) is 13.3. The number of unbranched alkanes of at least 4 members (excludes halogenated alkanes) is 13. The van der Waals surface area contributed by atoms with Gasteiger partial charge in [0.25, 0.3) is 0 Å². The standard InChI is InChI=1S/C28H48O4/c1-2-3-4-5-6-7-8-9-10-11-12-13-14-18-21-30-23-28(22-29)24-31-27(32-25-28)26-19-16-15-17-20-26/h15-17,19-20,27,29H,2-14,18,21-25H2,1H3. The Morgan fingerprint density at radius 3 is 1.78 bits per heavy atom. The smallest absolute Gasteiger partial charge is 0.183 e. The molecule has 2 rings (SSSR count). The van der Waals surface area contributed by atoms with E-state index in [2.05, 4.69) is 6.92 Å². The SMILES string of the molecule is CCCCCCCCCCCCCCCCOCC1(CO)COC(c2ccccc2)OC1. The normalized spacial score (nSPS) is 21.1. The molecule has 1 aromatic rings. The number of rotatable bonds is 19. The fourth-order valence-corrected chi connectivity index (χ4v) is 4.30. The Kier molecular flexibility index (Phi) is 15.0. The molecular weight excluding hydrogens is 400 g/mol. The maximum atomic E-state index is 9.88. The molecule has 1 aliphatic heterocycles. The van der Waals surface area contributed by atoms with Crippen LogP contribution in [0.15, 0.2) is 30.3 Å². The minimum atomic E-state index is -0.443. The van der Waals surface area contributed by atoms with Crippen LogP contribution >= 0.6 is 0 Å². The first-order valence-electron chi connectivity index (χ1n) is 13.3. The van der Waals surface area contributed by atoms with Crippen molar-refractivity contribution in [1.29, 1.82) is 0 Å². The van der Waals surface area contributed by atoms with Gasteiger partial charge in [0.1, 0.15) is 0 Å². The van der Waals surface area contributed by atoms with Gasteiger partial charge in [-0.3, -0.25) is 0 Å². The van der Waals surface area contributed by atoms with E-state index < -0.39 is 5.41 Å². The average Bonchev–Trinajstić information content (AvgIpc) is 2.84. The molecule has 1 fully saturated rings. The van der Waals surface area contributed by atoms with Crippen molar-refractivity contribution in [2.75, 3.05) is 33.0 Å². The van der Waals surface area contributed by atoms with E-state index in [1.807, 2.05) is 30.3 Å². The van der Waals surface area contributed by atoms with Gasteiger partial charge >= 0.3 is 0 Å². The number of hydrogen-bond acceptors (Lipinski definition) is 4. The lowest BCUT2D eigenvalue weighted by Gasteiger charge is -2.38. The second-order valence-electron chi connectivity index (χ2n) is 9.67. The third-order valence-electron chi connectivity index (χ3n) is 6.54. The van der Waals surface area contributed by atoms with Gasteiger partial charge < -0.3 is 19.3 Å². The van der Waals surface area contributed by atoms with Gasteiger partial charge in [-0.25, -0.2) is 0 Å². The molecule has 0 aromatic heterocycles. The van der Waals surface area contributed by atoms with E-state index in [9.17, 15) is 5.11 Å². The van der Waals surface area contributed by atoms with Crippen molar-refractivity contribution in [3.63, 3.8) is 0 Å². The van der Waals surface area contributed by atoms with E-state index in [0.717, 1.165) is 18.6 Å². The van der Waals surface area contributed by atoms with Crippen LogP contribution in [0.5, 0.6) is 0 Å². The average molecular weight is 449 g/mol. The van der Waals surface area contributed by atoms with Crippen molar-refractivity contribution in [3.8, 4) is 0 Å². The molecule has 0 amide bonds. The lowest BCUT2D eigenvalue weighted by molar-refractivity contribution is -0.251. The molecule has 0 aliphatic carbocycles. The van der Waals surface area contributed by atoms with Crippen molar-refractivity contribution < 1.29 is 19.3 Å². The lowest BCUT2D eigenvalue weighted by Crippen LogP contribution is -2.45. The van der Waals surface area contributed by atoms with Gasteiger partial charge in [-0.1, -0.05) is 121 Å². The van der Waals surface area contributed by atoms with Crippen LogP contribution in [0.3, 0.4) is 0 Å². The van der Waals surface area contributed by atoms with Gasteiger partial charge in [-0.15, -0.1) is 0 Å². The molecule has 1 saturated heterocycles. The van der Waals surface area contributed by atoms with Gasteiger partial charge in [0, 0.05) is 12.2 Å². The van der Waals surface area contributed by atoms with Gasteiger partial charge in [-0.05, 0) is 6.42 Å². The highest BCUT2D eigenvalue weighted by atomic mass is 16.7. The lowest BCUT2D eigenvalue weighted by atomic mass is 9.91. The monoisotopic (exact) mass is 448 g/mol.